The SMILES string of the molecule is Cc1nc2cc(-c3ccc(S(F)=C(F)F)cc3)[nH]c2c(N2CCCCC2)[nH+]1. The molecule has 0 aliphatic carbocycles. The highest BCUT2D eigenvalue weighted by atomic mass is 32.2. The van der Waals surface area contributed by atoms with Crippen LogP contribution in [0.4, 0.5) is 18.5 Å². The first-order chi connectivity index (χ1) is 13.0. The number of nitrogens with zero attached hydrogens (tertiary/aromatic N) is 2. The minimum Gasteiger partial charge on any atom is -0.347 e. The smallest absolute Gasteiger partial charge is 0.328 e. The maximum absolute atomic E-state index is 13.5. The Hall–Kier alpha value is -2.35. The van der Waals surface area contributed by atoms with Crippen molar-refractivity contribution in [3.8, 4) is 11.3 Å². The van der Waals surface area contributed by atoms with Crippen molar-refractivity contribution in [3.05, 3.63) is 36.2 Å². The van der Waals surface area contributed by atoms with E-state index in [0.717, 1.165) is 47.0 Å². The summed E-state index contributed by atoms with van der Waals surface area (Å²) in [6.07, 6.45) is 3.58. The normalized spacial score (nSPS) is 15.9. The van der Waals surface area contributed by atoms with E-state index in [1.807, 2.05) is 13.0 Å². The number of fused-ring (bicyclic) bond motifs is 1. The molecular formula is C19H20F3N4S+. The van der Waals surface area contributed by atoms with Crippen LogP contribution in [0.5, 0.6) is 0 Å². The number of aryl methyl sites for hydroxylation is 1. The lowest BCUT2D eigenvalue weighted by molar-refractivity contribution is -0.377. The summed E-state index contributed by atoms with van der Waals surface area (Å²) in [4.78, 5) is 13.6. The fraction of sp³-hybridized carbons (Fsp3) is 0.316. The summed E-state index contributed by atoms with van der Waals surface area (Å²) in [7, 11) is -2.63. The molecule has 0 spiro atoms. The first-order valence-corrected chi connectivity index (χ1v) is 10.0. The van der Waals surface area contributed by atoms with Gasteiger partial charge in [-0.1, -0.05) is 12.1 Å². The summed E-state index contributed by atoms with van der Waals surface area (Å²) in [6, 6.07) is 8.05. The second-order valence-electron chi connectivity index (χ2n) is 6.67. The van der Waals surface area contributed by atoms with Gasteiger partial charge in [0.1, 0.15) is 0 Å². The Balaban J connectivity index is 1.74. The third-order valence-corrected chi connectivity index (χ3v) is 5.76. The van der Waals surface area contributed by atoms with Gasteiger partial charge in [-0.2, -0.15) is 12.7 Å². The number of halogens is 3. The second kappa shape index (κ2) is 7.34. The molecule has 27 heavy (non-hydrogen) atoms. The summed E-state index contributed by atoms with van der Waals surface area (Å²) >= 11 is 0. The van der Waals surface area contributed by atoms with Gasteiger partial charge < -0.3 is 4.98 Å². The van der Waals surface area contributed by atoms with Gasteiger partial charge in [-0.15, -0.1) is 4.98 Å². The van der Waals surface area contributed by atoms with Gasteiger partial charge in [0, 0.05) is 23.6 Å². The van der Waals surface area contributed by atoms with Crippen LogP contribution in [0.2, 0.25) is 0 Å². The molecule has 3 heterocycles. The van der Waals surface area contributed by atoms with Crippen LogP contribution in [-0.2, 0) is 0 Å². The molecule has 1 aliphatic rings. The Kier molecular flexibility index (Phi) is 4.90. The lowest BCUT2D eigenvalue weighted by Crippen LogP contribution is -2.35. The largest absolute Gasteiger partial charge is 0.347 e. The number of benzene rings is 1. The van der Waals surface area contributed by atoms with E-state index in [-0.39, 0.29) is 4.90 Å². The lowest BCUT2D eigenvalue weighted by atomic mass is 10.1. The molecule has 8 heteroatoms. The molecule has 1 aliphatic heterocycles. The number of aromatic amines is 2. The van der Waals surface area contributed by atoms with E-state index in [2.05, 4.69) is 19.9 Å². The highest BCUT2D eigenvalue weighted by molar-refractivity contribution is 8.11. The average Bonchev–Trinajstić information content (AvgIpc) is 3.11. The maximum atomic E-state index is 13.5. The van der Waals surface area contributed by atoms with Crippen LogP contribution in [0.15, 0.2) is 35.2 Å². The number of hydrogen-bond donors (Lipinski definition) is 1. The average molecular weight is 393 g/mol. The number of anilines is 1. The molecular weight excluding hydrogens is 373 g/mol. The van der Waals surface area contributed by atoms with Crippen molar-refractivity contribution in [3.63, 3.8) is 0 Å². The van der Waals surface area contributed by atoms with E-state index in [1.165, 1.54) is 31.4 Å². The minimum absolute atomic E-state index is 0.0221. The molecule has 1 atom stereocenters. The van der Waals surface area contributed by atoms with Gasteiger partial charge in [0.15, 0.2) is 11.0 Å². The number of H-pyrrole nitrogens is 2. The predicted molar refractivity (Wildman–Crippen MR) is 103 cm³/mol. The zero-order valence-corrected chi connectivity index (χ0v) is 15.7. The van der Waals surface area contributed by atoms with Crippen LogP contribution < -0.4 is 9.88 Å². The van der Waals surface area contributed by atoms with Gasteiger partial charge >= 0.3 is 5.37 Å². The predicted octanol–water partition coefficient (Wildman–Crippen LogP) is 4.88. The van der Waals surface area contributed by atoms with E-state index in [0.29, 0.717) is 0 Å². The van der Waals surface area contributed by atoms with Gasteiger partial charge in [0.2, 0.25) is 11.6 Å². The van der Waals surface area contributed by atoms with Crippen LogP contribution in [0.3, 0.4) is 0 Å². The Morgan fingerprint density at radius 3 is 2.52 bits per heavy atom. The molecule has 1 aromatic carbocycles. The summed E-state index contributed by atoms with van der Waals surface area (Å²) in [5.41, 5.74) is 3.40. The van der Waals surface area contributed by atoms with Crippen LogP contribution in [0, 0.1) is 6.92 Å². The van der Waals surface area contributed by atoms with Crippen molar-refractivity contribution in [2.45, 2.75) is 31.1 Å². The van der Waals surface area contributed by atoms with Crippen LogP contribution in [0.25, 0.3) is 22.3 Å². The molecule has 2 N–H and O–H groups in total. The van der Waals surface area contributed by atoms with Crippen LogP contribution in [0.1, 0.15) is 25.1 Å². The molecule has 1 saturated heterocycles. The van der Waals surface area contributed by atoms with Gasteiger partial charge in [0.05, 0.1) is 24.0 Å². The van der Waals surface area contributed by atoms with E-state index in [9.17, 15) is 12.7 Å². The van der Waals surface area contributed by atoms with Crippen molar-refractivity contribution in [1.82, 2.24) is 9.97 Å². The quantitative estimate of drug-likeness (QED) is 0.509. The monoisotopic (exact) mass is 393 g/mol. The number of nitrogens with one attached hydrogen (secondary N) is 2. The molecule has 142 valence electrons. The summed E-state index contributed by atoms with van der Waals surface area (Å²) in [6.45, 7) is 3.93. The Labute approximate surface area is 157 Å². The number of hydrogen-bond acceptors (Lipinski definition) is 2. The number of piperidine rings is 1. The molecule has 1 unspecified atom stereocenters. The number of aromatic nitrogens is 3. The zero-order chi connectivity index (χ0) is 19.0. The second-order valence-corrected chi connectivity index (χ2v) is 7.96. The molecule has 0 radical (unpaired) electrons. The van der Waals surface area contributed by atoms with Crippen molar-refractivity contribution >= 4 is 33.1 Å². The Morgan fingerprint density at radius 2 is 1.85 bits per heavy atom. The Morgan fingerprint density at radius 1 is 1.15 bits per heavy atom. The number of rotatable bonds is 3. The molecule has 0 amide bonds. The summed E-state index contributed by atoms with van der Waals surface area (Å²) < 4.78 is 38.4. The first-order valence-electron chi connectivity index (χ1n) is 8.89. The van der Waals surface area contributed by atoms with Gasteiger partial charge in [-0.05, 0) is 37.0 Å². The van der Waals surface area contributed by atoms with Crippen LogP contribution in [-0.4, -0.2) is 28.4 Å². The molecule has 0 saturated carbocycles. The first kappa shape index (κ1) is 18.0. The molecule has 2 aromatic heterocycles. The zero-order valence-electron chi connectivity index (χ0n) is 14.9. The molecule has 0 bridgehead atoms. The van der Waals surface area contributed by atoms with E-state index in [4.69, 9.17) is 0 Å². The topological polar surface area (TPSA) is 46.1 Å². The summed E-state index contributed by atoms with van der Waals surface area (Å²) in [5, 5.41) is -2.20. The van der Waals surface area contributed by atoms with Gasteiger partial charge in [-0.3, -0.25) is 4.90 Å². The highest BCUT2D eigenvalue weighted by Gasteiger charge is 2.23. The lowest BCUT2D eigenvalue weighted by Gasteiger charge is -2.23. The molecule has 3 aromatic rings. The van der Waals surface area contributed by atoms with Crippen molar-refractivity contribution < 1.29 is 17.7 Å². The Bertz CT molecular complexity index is 1000. The standard InChI is InChI=1S/C19H19F3N4S/c1-12-23-16-11-15(13-5-7-14(8-6-13)27(22)19(20)21)25-17(16)18(24-12)26-9-3-2-4-10-26/h5-8,11,25H,2-4,9-10H2,1H3/p+1. The minimum atomic E-state index is -2.63. The third kappa shape index (κ3) is 3.58. The highest BCUT2D eigenvalue weighted by Crippen LogP contribution is 2.33. The fourth-order valence-electron chi connectivity index (χ4n) is 3.51. The van der Waals surface area contributed by atoms with Crippen molar-refractivity contribution in [2.24, 2.45) is 0 Å². The summed E-state index contributed by atoms with van der Waals surface area (Å²) in [5.74, 6) is 1.86. The van der Waals surface area contributed by atoms with Crippen LogP contribution >= 0.6 is 10.9 Å². The third-order valence-electron chi connectivity index (χ3n) is 4.80. The van der Waals surface area contributed by atoms with Crippen molar-refractivity contribution in [1.29, 1.82) is 0 Å². The fourth-order valence-corrected chi connectivity index (χ4v) is 4.06. The molecule has 4 nitrogen and oxygen atoms in total. The van der Waals surface area contributed by atoms with E-state index in [1.54, 1.807) is 12.1 Å². The van der Waals surface area contributed by atoms with E-state index >= 15 is 0 Å². The molecule has 4 rings (SSSR count). The van der Waals surface area contributed by atoms with Gasteiger partial charge in [0.25, 0.3) is 0 Å². The molecule has 1 fully saturated rings. The van der Waals surface area contributed by atoms with Crippen molar-refractivity contribution in [2.75, 3.05) is 18.0 Å². The maximum Gasteiger partial charge on any atom is 0.328 e. The van der Waals surface area contributed by atoms with Gasteiger partial charge in [-0.25, -0.2) is 4.98 Å². The van der Waals surface area contributed by atoms with E-state index < -0.39 is 16.2 Å².